The number of hydrogen-bond donors (Lipinski definition) is 2. The Bertz CT molecular complexity index is 953. The number of rotatable bonds is 8. The summed E-state index contributed by atoms with van der Waals surface area (Å²) in [4.78, 5) is 24.0. The zero-order chi connectivity index (χ0) is 22.9. The van der Waals surface area contributed by atoms with E-state index < -0.39 is 0 Å². The molecule has 1 aromatic heterocycles. The van der Waals surface area contributed by atoms with E-state index in [0.29, 0.717) is 11.9 Å². The van der Waals surface area contributed by atoms with E-state index in [4.69, 9.17) is 0 Å². The maximum absolute atomic E-state index is 12.8. The summed E-state index contributed by atoms with van der Waals surface area (Å²) in [6.45, 7) is 13.4. The number of nitrogens with one attached hydrogen (secondary N) is 2. The van der Waals surface area contributed by atoms with Crippen molar-refractivity contribution in [1.29, 1.82) is 0 Å². The third-order valence-corrected chi connectivity index (χ3v) is 8.44. The molecule has 2 bridgehead atoms. The molecule has 2 aliphatic rings. The van der Waals surface area contributed by atoms with Crippen LogP contribution in [0.5, 0.6) is 0 Å². The first-order valence-electron chi connectivity index (χ1n) is 12.0. The van der Waals surface area contributed by atoms with Crippen molar-refractivity contribution in [3.63, 3.8) is 0 Å². The Morgan fingerprint density at radius 2 is 1.84 bits per heavy atom. The monoisotopic (exact) mass is 435 g/mol. The lowest BCUT2D eigenvalue weighted by Gasteiger charge is -2.39. The van der Waals surface area contributed by atoms with Gasteiger partial charge in [-0.1, -0.05) is 20.8 Å². The number of hydrogen-bond acceptors (Lipinski definition) is 5. The summed E-state index contributed by atoms with van der Waals surface area (Å²) in [6.07, 6.45) is 5.56. The van der Waals surface area contributed by atoms with Crippen LogP contribution >= 0.6 is 0 Å². The molecule has 0 aliphatic heterocycles. The van der Waals surface area contributed by atoms with Gasteiger partial charge in [-0.05, 0) is 80.2 Å². The van der Waals surface area contributed by atoms with Gasteiger partial charge in [0.05, 0.1) is 12.1 Å². The SMILES string of the molecule is CCN(CC)c1ccc(Nc2nccc(CC(=O)NC3CC4CCC3(C)C4(C)C)n2)cc1. The zero-order valence-corrected chi connectivity index (χ0v) is 20.1. The number of amides is 1. The second kappa shape index (κ2) is 8.72. The van der Waals surface area contributed by atoms with Gasteiger partial charge in [0, 0.05) is 36.7 Å². The number of aromatic nitrogens is 2. The van der Waals surface area contributed by atoms with Gasteiger partial charge >= 0.3 is 0 Å². The van der Waals surface area contributed by atoms with Gasteiger partial charge in [-0.3, -0.25) is 4.79 Å². The van der Waals surface area contributed by atoms with E-state index in [1.165, 1.54) is 18.5 Å². The number of fused-ring (bicyclic) bond motifs is 2. The predicted molar refractivity (Wildman–Crippen MR) is 130 cm³/mol. The molecule has 2 saturated carbocycles. The maximum atomic E-state index is 12.8. The van der Waals surface area contributed by atoms with Gasteiger partial charge in [0.25, 0.3) is 0 Å². The van der Waals surface area contributed by atoms with Crippen molar-refractivity contribution >= 4 is 23.2 Å². The van der Waals surface area contributed by atoms with Crippen molar-refractivity contribution in [2.24, 2.45) is 16.7 Å². The van der Waals surface area contributed by atoms with Crippen molar-refractivity contribution < 1.29 is 4.79 Å². The smallest absolute Gasteiger partial charge is 0.227 e. The van der Waals surface area contributed by atoms with E-state index in [0.717, 1.165) is 30.9 Å². The molecule has 0 spiro atoms. The molecule has 1 heterocycles. The van der Waals surface area contributed by atoms with Crippen LogP contribution in [0.4, 0.5) is 17.3 Å². The molecule has 6 nitrogen and oxygen atoms in total. The molecule has 172 valence electrons. The summed E-state index contributed by atoms with van der Waals surface area (Å²) in [6, 6.07) is 10.4. The molecule has 0 saturated heterocycles. The molecule has 1 aromatic carbocycles. The lowest BCUT2D eigenvalue weighted by molar-refractivity contribution is -0.122. The molecule has 6 heteroatoms. The molecule has 4 rings (SSSR count). The molecule has 1 amide bonds. The Balaban J connectivity index is 1.37. The first-order valence-corrected chi connectivity index (χ1v) is 12.0. The Hall–Kier alpha value is -2.63. The van der Waals surface area contributed by atoms with E-state index in [1.807, 2.05) is 18.2 Å². The standard InChI is InChI=1S/C26H37N5O/c1-6-31(7-2)21-10-8-19(9-11-21)28-24-27-15-13-20(29-24)17-23(32)30-22-16-18-12-14-26(22,5)25(18,3)4/h8-11,13,15,18,22H,6-7,12,14,16-17H2,1-5H3,(H,30,32)(H,27,28,29). The average Bonchev–Trinajstić information content (AvgIpc) is 3.09. The van der Waals surface area contributed by atoms with Crippen LogP contribution < -0.4 is 15.5 Å². The van der Waals surface area contributed by atoms with Crippen LogP contribution in [-0.4, -0.2) is 35.0 Å². The molecule has 2 N–H and O–H groups in total. The van der Waals surface area contributed by atoms with E-state index >= 15 is 0 Å². The minimum absolute atomic E-state index is 0.0489. The van der Waals surface area contributed by atoms with Crippen LogP contribution in [-0.2, 0) is 11.2 Å². The van der Waals surface area contributed by atoms with E-state index in [2.05, 4.69) is 72.3 Å². The topological polar surface area (TPSA) is 70.2 Å². The van der Waals surface area contributed by atoms with Gasteiger partial charge in [-0.15, -0.1) is 0 Å². The van der Waals surface area contributed by atoms with E-state index in [9.17, 15) is 4.79 Å². The van der Waals surface area contributed by atoms with Crippen molar-refractivity contribution in [3.8, 4) is 0 Å². The quantitative estimate of drug-likeness (QED) is 0.615. The normalized spacial score (nSPS) is 25.5. The minimum atomic E-state index is 0.0489. The first kappa shape index (κ1) is 22.6. The third kappa shape index (κ3) is 4.07. The lowest BCUT2D eigenvalue weighted by atomic mass is 9.69. The minimum Gasteiger partial charge on any atom is -0.372 e. The third-order valence-electron chi connectivity index (χ3n) is 8.44. The molecule has 3 unspecified atom stereocenters. The summed E-state index contributed by atoms with van der Waals surface area (Å²) >= 11 is 0. The highest BCUT2D eigenvalue weighted by Gasteiger charge is 2.61. The molecular formula is C26H37N5O. The zero-order valence-electron chi connectivity index (χ0n) is 20.1. The summed E-state index contributed by atoms with van der Waals surface area (Å²) in [5, 5.41) is 6.59. The Labute approximate surface area is 192 Å². The maximum Gasteiger partial charge on any atom is 0.227 e. The van der Waals surface area contributed by atoms with Crippen molar-refractivity contribution in [1.82, 2.24) is 15.3 Å². The number of carbonyl (C=O) groups excluding carboxylic acids is 1. The predicted octanol–water partition coefficient (Wildman–Crippen LogP) is 4.94. The number of carbonyl (C=O) groups is 1. The summed E-state index contributed by atoms with van der Waals surface area (Å²) in [7, 11) is 0. The van der Waals surface area contributed by atoms with Crippen LogP contribution in [0.1, 0.15) is 59.6 Å². The molecule has 2 fully saturated rings. The Morgan fingerprint density at radius 1 is 1.12 bits per heavy atom. The molecule has 32 heavy (non-hydrogen) atoms. The van der Waals surface area contributed by atoms with Gasteiger partial charge in [-0.25, -0.2) is 9.97 Å². The van der Waals surface area contributed by atoms with Crippen molar-refractivity contribution in [3.05, 3.63) is 42.2 Å². The number of nitrogens with zero attached hydrogens (tertiary/aromatic N) is 3. The van der Waals surface area contributed by atoms with Crippen molar-refractivity contribution in [2.75, 3.05) is 23.3 Å². The van der Waals surface area contributed by atoms with Gasteiger partial charge in [0.15, 0.2) is 0 Å². The highest BCUT2D eigenvalue weighted by molar-refractivity contribution is 5.78. The Morgan fingerprint density at radius 3 is 2.44 bits per heavy atom. The van der Waals surface area contributed by atoms with Gasteiger partial charge < -0.3 is 15.5 Å². The molecule has 2 aromatic rings. The highest BCUT2D eigenvalue weighted by Crippen LogP contribution is 2.65. The fraction of sp³-hybridized carbons (Fsp3) is 0.577. The number of benzene rings is 1. The fourth-order valence-electron chi connectivity index (χ4n) is 5.86. The van der Waals surface area contributed by atoms with Crippen LogP contribution in [0, 0.1) is 16.7 Å². The summed E-state index contributed by atoms with van der Waals surface area (Å²) < 4.78 is 0. The van der Waals surface area contributed by atoms with Gasteiger partial charge in [-0.2, -0.15) is 0 Å². The largest absolute Gasteiger partial charge is 0.372 e. The summed E-state index contributed by atoms with van der Waals surface area (Å²) in [5.41, 5.74) is 3.33. The highest BCUT2D eigenvalue weighted by atomic mass is 16.1. The lowest BCUT2D eigenvalue weighted by Crippen LogP contribution is -2.47. The summed E-state index contributed by atoms with van der Waals surface area (Å²) in [5.74, 6) is 1.27. The molecular weight excluding hydrogens is 398 g/mol. The van der Waals surface area contributed by atoms with Crippen LogP contribution in [0.15, 0.2) is 36.5 Å². The Kier molecular flexibility index (Phi) is 6.15. The van der Waals surface area contributed by atoms with Gasteiger partial charge in [0.2, 0.25) is 11.9 Å². The fourth-order valence-corrected chi connectivity index (χ4v) is 5.86. The average molecular weight is 436 g/mol. The first-order chi connectivity index (χ1) is 15.3. The number of anilines is 3. The second-order valence-electron chi connectivity index (χ2n) is 10.1. The van der Waals surface area contributed by atoms with Crippen molar-refractivity contribution in [2.45, 2.75) is 66.3 Å². The molecule has 0 radical (unpaired) electrons. The molecule has 2 aliphatic carbocycles. The van der Waals surface area contributed by atoms with E-state index in [1.54, 1.807) is 6.20 Å². The molecule has 3 atom stereocenters. The van der Waals surface area contributed by atoms with Crippen LogP contribution in [0.3, 0.4) is 0 Å². The van der Waals surface area contributed by atoms with Crippen LogP contribution in [0.2, 0.25) is 0 Å². The van der Waals surface area contributed by atoms with E-state index in [-0.39, 0.29) is 29.2 Å². The van der Waals surface area contributed by atoms with Gasteiger partial charge in [0.1, 0.15) is 0 Å². The second-order valence-corrected chi connectivity index (χ2v) is 10.1. The van der Waals surface area contributed by atoms with Crippen LogP contribution in [0.25, 0.3) is 0 Å².